The van der Waals surface area contributed by atoms with Gasteiger partial charge >= 0.3 is 5.97 Å². The van der Waals surface area contributed by atoms with Gasteiger partial charge in [0.1, 0.15) is 6.04 Å². The molecule has 0 aliphatic carbocycles. The molecule has 182 valence electrons. The second kappa shape index (κ2) is 10.8. The third kappa shape index (κ3) is 6.55. The summed E-state index contributed by atoms with van der Waals surface area (Å²) < 4.78 is 37.4. The Balaban J connectivity index is 1.58. The van der Waals surface area contributed by atoms with Gasteiger partial charge in [-0.25, -0.2) is 13.4 Å². The average Bonchev–Trinajstić information content (AvgIpc) is 3.45. The molecule has 14 heteroatoms. The Bertz CT molecular complexity index is 1230. The maximum atomic E-state index is 12.4. The van der Waals surface area contributed by atoms with E-state index in [4.69, 9.17) is 9.26 Å². The molecule has 0 spiro atoms. The molecule has 2 unspecified atom stereocenters. The van der Waals surface area contributed by atoms with Gasteiger partial charge in [0.25, 0.3) is 11.8 Å². The summed E-state index contributed by atoms with van der Waals surface area (Å²) in [6.45, 7) is 3.18. The van der Waals surface area contributed by atoms with Crippen LogP contribution in [0.25, 0.3) is 0 Å². The SMILES string of the molecule is CCC(Nc1ncc(C)[nH]1)Oc1cc(C(=O)NCC(NS(=O)(=O)c2ccccc2)C(=O)O)on1. The summed E-state index contributed by atoms with van der Waals surface area (Å²) in [5.74, 6) is -1.98. The van der Waals surface area contributed by atoms with E-state index in [1.165, 1.54) is 30.3 Å². The number of carboxylic acid groups (broad SMARTS) is 1. The summed E-state index contributed by atoms with van der Waals surface area (Å²) in [5.41, 5.74) is 0.864. The number of H-pyrrole nitrogens is 1. The predicted molar refractivity (Wildman–Crippen MR) is 119 cm³/mol. The second-order valence-electron chi connectivity index (χ2n) is 7.14. The lowest BCUT2D eigenvalue weighted by molar-refractivity contribution is -0.138. The van der Waals surface area contributed by atoms with Gasteiger partial charge < -0.3 is 30.0 Å². The van der Waals surface area contributed by atoms with Crippen molar-refractivity contribution < 1.29 is 32.4 Å². The van der Waals surface area contributed by atoms with Crippen molar-refractivity contribution in [3.05, 3.63) is 54.0 Å². The van der Waals surface area contributed by atoms with E-state index < -0.39 is 40.7 Å². The molecule has 0 bridgehead atoms. The van der Waals surface area contributed by atoms with Crippen LogP contribution in [0.15, 0.2) is 52.0 Å². The molecule has 3 aromatic rings. The highest BCUT2D eigenvalue weighted by molar-refractivity contribution is 7.89. The zero-order valence-electron chi connectivity index (χ0n) is 18.3. The van der Waals surface area contributed by atoms with Crippen LogP contribution < -0.4 is 20.1 Å². The normalized spacial score (nSPS) is 13.1. The minimum Gasteiger partial charge on any atom is -0.480 e. The lowest BCUT2D eigenvalue weighted by Crippen LogP contribution is -2.48. The molecular formula is C20H24N6O7S. The number of aryl methyl sites for hydroxylation is 1. The van der Waals surface area contributed by atoms with E-state index in [1.807, 2.05) is 18.6 Å². The molecule has 0 fully saturated rings. The van der Waals surface area contributed by atoms with E-state index in [-0.39, 0.29) is 16.5 Å². The number of ether oxygens (including phenoxy) is 1. The first-order valence-corrected chi connectivity index (χ1v) is 11.7. The van der Waals surface area contributed by atoms with E-state index in [1.54, 1.807) is 12.3 Å². The van der Waals surface area contributed by atoms with E-state index in [2.05, 4.69) is 25.8 Å². The molecule has 0 saturated heterocycles. The van der Waals surface area contributed by atoms with Crippen molar-refractivity contribution in [2.75, 3.05) is 11.9 Å². The molecule has 0 aliphatic rings. The number of aliphatic carboxylic acids is 1. The number of nitrogens with zero attached hydrogens (tertiary/aromatic N) is 2. The number of anilines is 1. The van der Waals surface area contributed by atoms with Gasteiger partial charge in [0, 0.05) is 24.9 Å². The number of imidazole rings is 1. The number of aromatic amines is 1. The highest BCUT2D eigenvalue weighted by Gasteiger charge is 2.27. The van der Waals surface area contributed by atoms with Crippen LogP contribution in [0.2, 0.25) is 0 Å². The molecule has 0 aliphatic heterocycles. The highest BCUT2D eigenvalue weighted by atomic mass is 32.2. The van der Waals surface area contributed by atoms with Gasteiger partial charge in [-0.15, -0.1) is 0 Å². The molecule has 0 saturated carbocycles. The van der Waals surface area contributed by atoms with Crippen LogP contribution in [0.1, 0.15) is 29.6 Å². The summed E-state index contributed by atoms with van der Waals surface area (Å²) in [4.78, 5) is 30.9. The second-order valence-corrected chi connectivity index (χ2v) is 8.85. The fourth-order valence-corrected chi connectivity index (χ4v) is 3.95. The maximum absolute atomic E-state index is 12.4. The molecule has 3 rings (SSSR count). The zero-order valence-corrected chi connectivity index (χ0v) is 19.1. The fraction of sp³-hybridized carbons (Fsp3) is 0.300. The Morgan fingerprint density at radius 2 is 2.00 bits per heavy atom. The summed E-state index contributed by atoms with van der Waals surface area (Å²) in [6.07, 6.45) is 1.67. The Hall–Kier alpha value is -3.91. The molecule has 34 heavy (non-hydrogen) atoms. The number of carbonyl (C=O) groups excluding carboxylic acids is 1. The van der Waals surface area contributed by atoms with Gasteiger partial charge in [0.05, 0.1) is 11.0 Å². The number of amides is 1. The number of benzene rings is 1. The first-order chi connectivity index (χ1) is 16.2. The van der Waals surface area contributed by atoms with Gasteiger partial charge in [0.2, 0.25) is 21.7 Å². The van der Waals surface area contributed by atoms with Crippen LogP contribution in [0, 0.1) is 6.92 Å². The molecule has 2 atom stereocenters. The standard InChI is InChI=1S/C20H24N6O7S/c1-3-16(24-20-22-10-12(2)23-20)32-17-9-15(33-25-17)18(27)21-11-14(19(28)29)26-34(30,31)13-7-5-4-6-8-13/h4-10,14,16,26H,3,11H2,1-2H3,(H,21,27)(H,28,29)(H2,22,23,24). The Kier molecular flexibility index (Phi) is 7.86. The van der Waals surface area contributed by atoms with Crippen LogP contribution >= 0.6 is 0 Å². The topological polar surface area (TPSA) is 189 Å². The van der Waals surface area contributed by atoms with E-state index in [9.17, 15) is 23.1 Å². The fourth-order valence-electron chi connectivity index (χ4n) is 2.74. The van der Waals surface area contributed by atoms with Crippen LogP contribution in [0.4, 0.5) is 5.95 Å². The molecule has 13 nitrogen and oxygen atoms in total. The number of rotatable bonds is 12. The summed E-state index contributed by atoms with van der Waals surface area (Å²) in [5, 5.41) is 18.4. The number of aromatic nitrogens is 3. The minimum absolute atomic E-state index is 0.0207. The molecular weight excluding hydrogens is 468 g/mol. The molecule has 1 amide bonds. The van der Waals surface area contributed by atoms with Crippen LogP contribution in [-0.2, 0) is 14.8 Å². The third-order valence-electron chi connectivity index (χ3n) is 4.46. The number of sulfonamides is 1. The van der Waals surface area contributed by atoms with Gasteiger partial charge in [-0.1, -0.05) is 25.1 Å². The maximum Gasteiger partial charge on any atom is 0.323 e. The van der Waals surface area contributed by atoms with Gasteiger partial charge in [-0.05, 0) is 24.2 Å². The van der Waals surface area contributed by atoms with E-state index >= 15 is 0 Å². The van der Waals surface area contributed by atoms with Crippen molar-refractivity contribution in [1.29, 1.82) is 0 Å². The minimum atomic E-state index is -4.11. The van der Waals surface area contributed by atoms with E-state index in [0.717, 1.165) is 5.69 Å². The predicted octanol–water partition coefficient (Wildman–Crippen LogP) is 1.09. The van der Waals surface area contributed by atoms with Gasteiger partial charge in [0.15, 0.2) is 6.23 Å². The lowest BCUT2D eigenvalue weighted by atomic mass is 10.3. The third-order valence-corrected chi connectivity index (χ3v) is 5.95. The molecule has 1 aromatic carbocycles. The first-order valence-electron chi connectivity index (χ1n) is 10.2. The van der Waals surface area contributed by atoms with Gasteiger partial charge in [-0.2, -0.15) is 4.72 Å². The Morgan fingerprint density at radius 1 is 1.26 bits per heavy atom. The number of carboxylic acids is 1. The van der Waals surface area contributed by atoms with Crippen molar-refractivity contribution >= 4 is 27.8 Å². The van der Waals surface area contributed by atoms with Crippen molar-refractivity contribution in [3.8, 4) is 5.88 Å². The monoisotopic (exact) mass is 492 g/mol. The van der Waals surface area contributed by atoms with Crippen LogP contribution in [0.5, 0.6) is 5.88 Å². The van der Waals surface area contributed by atoms with Crippen molar-refractivity contribution in [2.45, 2.75) is 37.4 Å². The van der Waals surface area contributed by atoms with Crippen molar-refractivity contribution in [1.82, 2.24) is 25.2 Å². The number of carbonyl (C=O) groups is 2. The van der Waals surface area contributed by atoms with Gasteiger partial charge in [-0.3, -0.25) is 9.59 Å². The quantitative estimate of drug-likeness (QED) is 0.229. The highest BCUT2D eigenvalue weighted by Crippen LogP contribution is 2.15. The van der Waals surface area contributed by atoms with Crippen molar-refractivity contribution in [2.24, 2.45) is 0 Å². The zero-order chi connectivity index (χ0) is 24.7. The average molecular weight is 493 g/mol. The Morgan fingerprint density at radius 3 is 2.62 bits per heavy atom. The summed E-state index contributed by atoms with van der Waals surface area (Å²) in [6, 6.07) is 6.89. The summed E-state index contributed by atoms with van der Waals surface area (Å²) in [7, 11) is -4.11. The molecule has 2 heterocycles. The number of hydrogen-bond acceptors (Lipinski definition) is 9. The van der Waals surface area contributed by atoms with Crippen LogP contribution in [-0.4, -0.2) is 59.3 Å². The number of nitrogens with one attached hydrogen (secondary N) is 4. The smallest absolute Gasteiger partial charge is 0.323 e. The van der Waals surface area contributed by atoms with E-state index in [0.29, 0.717) is 12.4 Å². The van der Waals surface area contributed by atoms with Crippen molar-refractivity contribution in [3.63, 3.8) is 0 Å². The lowest BCUT2D eigenvalue weighted by Gasteiger charge is -2.16. The molecule has 2 aromatic heterocycles. The largest absolute Gasteiger partial charge is 0.480 e. The summed E-state index contributed by atoms with van der Waals surface area (Å²) >= 11 is 0. The molecule has 5 N–H and O–H groups in total. The van der Waals surface area contributed by atoms with Crippen LogP contribution in [0.3, 0.4) is 0 Å². The molecule has 0 radical (unpaired) electrons. The first kappa shape index (κ1) is 24.7. The Labute approximate surface area is 195 Å². The number of hydrogen-bond donors (Lipinski definition) is 5.